The maximum absolute atomic E-state index is 11.1. The number of fused-ring (bicyclic) bond motifs is 1. The van der Waals surface area contributed by atoms with Crippen LogP contribution >= 0.6 is 11.6 Å². The summed E-state index contributed by atoms with van der Waals surface area (Å²) in [4.78, 5) is 10.3. The van der Waals surface area contributed by atoms with Crippen LogP contribution in [0.15, 0.2) is 18.2 Å². The van der Waals surface area contributed by atoms with E-state index in [1.165, 1.54) is 5.56 Å². The molecule has 0 N–H and O–H groups in total. The summed E-state index contributed by atoms with van der Waals surface area (Å²) in [5.41, 5.74) is 3.37. The Hall–Kier alpha value is -0.820. The van der Waals surface area contributed by atoms with E-state index in [1.807, 2.05) is 19.9 Å². The molecule has 1 aliphatic carbocycles. The van der Waals surface area contributed by atoms with Gasteiger partial charge >= 0.3 is 0 Å². The maximum atomic E-state index is 11.1. The lowest BCUT2D eigenvalue weighted by molar-refractivity contribution is -0.111. The molecule has 2 atom stereocenters. The lowest BCUT2D eigenvalue weighted by Gasteiger charge is -2.20. The zero-order valence-corrected chi connectivity index (χ0v) is 9.14. The maximum Gasteiger partial charge on any atom is 0.145 e. The molecule has 2 unspecified atom stereocenters. The van der Waals surface area contributed by atoms with E-state index >= 15 is 0 Å². The van der Waals surface area contributed by atoms with Crippen molar-refractivity contribution in [1.82, 2.24) is 0 Å². The van der Waals surface area contributed by atoms with Crippen LogP contribution in [-0.4, -0.2) is 6.29 Å². The van der Waals surface area contributed by atoms with Crippen molar-refractivity contribution in [3.05, 3.63) is 34.9 Å². The smallest absolute Gasteiger partial charge is 0.145 e. The Morgan fingerprint density at radius 3 is 2.93 bits per heavy atom. The minimum absolute atomic E-state index is 0.193. The lowest BCUT2D eigenvalue weighted by Crippen LogP contribution is -2.24. The predicted octanol–water partition coefficient (Wildman–Crippen LogP) is 2.82. The summed E-state index contributed by atoms with van der Waals surface area (Å²) < 4.78 is 0. The molecule has 0 bridgehead atoms. The predicted molar refractivity (Wildman–Crippen MR) is 57.6 cm³/mol. The number of benzene rings is 1. The summed E-state index contributed by atoms with van der Waals surface area (Å²) in [6, 6.07) is 6.17. The summed E-state index contributed by atoms with van der Waals surface area (Å²) >= 11 is 6.34. The molecule has 0 radical (unpaired) electrons. The molecule has 74 valence electrons. The van der Waals surface area contributed by atoms with Gasteiger partial charge in [-0.3, -0.25) is 0 Å². The Morgan fingerprint density at radius 2 is 2.29 bits per heavy atom. The van der Waals surface area contributed by atoms with Crippen LogP contribution in [0.1, 0.15) is 23.6 Å². The largest absolute Gasteiger partial charge is 0.301 e. The molecule has 1 aromatic rings. The van der Waals surface area contributed by atoms with Crippen molar-refractivity contribution in [3.8, 4) is 0 Å². The number of hydrogen-bond donors (Lipinski definition) is 0. The normalized spacial score (nSPS) is 30.1. The molecule has 0 amide bonds. The second-order valence-electron chi connectivity index (χ2n) is 4.15. The topological polar surface area (TPSA) is 17.1 Å². The van der Waals surface area contributed by atoms with Gasteiger partial charge in [0.1, 0.15) is 11.2 Å². The van der Waals surface area contributed by atoms with Crippen molar-refractivity contribution in [2.45, 2.75) is 25.1 Å². The standard InChI is InChI=1S/C12H13ClO/c1-8-3-4-10-6-9(2)12(13,7-14)11(10)5-8/h3-5,7,9H,6H2,1-2H3. The molecule has 0 saturated carbocycles. The van der Waals surface area contributed by atoms with Crippen LogP contribution < -0.4 is 0 Å². The van der Waals surface area contributed by atoms with Gasteiger partial charge in [-0.2, -0.15) is 0 Å². The van der Waals surface area contributed by atoms with E-state index in [1.54, 1.807) is 0 Å². The highest BCUT2D eigenvalue weighted by Crippen LogP contribution is 2.45. The third-order valence-corrected chi connectivity index (χ3v) is 3.76. The van der Waals surface area contributed by atoms with Crippen LogP contribution in [-0.2, 0) is 16.1 Å². The molecular weight excluding hydrogens is 196 g/mol. The van der Waals surface area contributed by atoms with E-state index < -0.39 is 4.87 Å². The number of alkyl halides is 1. The van der Waals surface area contributed by atoms with Crippen molar-refractivity contribution in [2.24, 2.45) is 5.92 Å². The molecule has 14 heavy (non-hydrogen) atoms. The minimum atomic E-state index is -0.790. The summed E-state index contributed by atoms with van der Waals surface area (Å²) in [5.74, 6) is 0.193. The van der Waals surface area contributed by atoms with E-state index in [2.05, 4.69) is 12.1 Å². The Morgan fingerprint density at radius 1 is 1.57 bits per heavy atom. The summed E-state index contributed by atoms with van der Waals surface area (Å²) in [5, 5.41) is 0. The highest BCUT2D eigenvalue weighted by atomic mass is 35.5. The molecule has 0 aliphatic heterocycles. The molecule has 0 aromatic heterocycles. The monoisotopic (exact) mass is 208 g/mol. The molecule has 0 heterocycles. The molecule has 1 nitrogen and oxygen atoms in total. The third kappa shape index (κ3) is 1.19. The van der Waals surface area contributed by atoms with E-state index in [0.717, 1.165) is 23.8 Å². The van der Waals surface area contributed by atoms with Crippen LogP contribution in [0.3, 0.4) is 0 Å². The SMILES string of the molecule is Cc1ccc2c(c1)C(Cl)(C=O)C(C)C2. The average Bonchev–Trinajstić information content (AvgIpc) is 2.41. The first kappa shape index (κ1) is 9.72. The highest BCUT2D eigenvalue weighted by Gasteiger charge is 2.42. The molecule has 2 rings (SSSR count). The molecular formula is C12H13ClO. The van der Waals surface area contributed by atoms with Gasteiger partial charge < -0.3 is 4.79 Å². The zero-order chi connectivity index (χ0) is 10.3. The van der Waals surface area contributed by atoms with Crippen LogP contribution in [0.2, 0.25) is 0 Å². The van der Waals surface area contributed by atoms with Crippen LogP contribution in [0.25, 0.3) is 0 Å². The van der Waals surface area contributed by atoms with E-state index in [0.29, 0.717) is 0 Å². The molecule has 0 spiro atoms. The first-order valence-corrected chi connectivity index (χ1v) is 5.21. The quantitative estimate of drug-likeness (QED) is 0.513. The third-order valence-electron chi connectivity index (χ3n) is 3.09. The molecule has 1 aromatic carbocycles. The second-order valence-corrected chi connectivity index (χ2v) is 4.78. The summed E-state index contributed by atoms with van der Waals surface area (Å²) in [6.45, 7) is 4.04. The Kier molecular flexibility index (Phi) is 2.15. The van der Waals surface area contributed by atoms with Crippen molar-refractivity contribution < 1.29 is 4.79 Å². The molecule has 0 fully saturated rings. The fourth-order valence-electron chi connectivity index (χ4n) is 2.15. The van der Waals surface area contributed by atoms with E-state index in [-0.39, 0.29) is 5.92 Å². The van der Waals surface area contributed by atoms with Gasteiger partial charge in [-0.1, -0.05) is 30.7 Å². The molecule has 0 saturated heterocycles. The van der Waals surface area contributed by atoms with Gasteiger partial charge in [0.05, 0.1) is 0 Å². The number of halogens is 1. The molecule has 2 heteroatoms. The van der Waals surface area contributed by atoms with Gasteiger partial charge in [0.25, 0.3) is 0 Å². The van der Waals surface area contributed by atoms with Crippen LogP contribution in [0.5, 0.6) is 0 Å². The zero-order valence-electron chi connectivity index (χ0n) is 8.38. The second kappa shape index (κ2) is 3.09. The number of carbonyl (C=O) groups excluding carboxylic acids is 1. The number of carbonyl (C=O) groups is 1. The van der Waals surface area contributed by atoms with Gasteiger partial charge in [0.15, 0.2) is 0 Å². The Labute approximate surface area is 89.1 Å². The first-order chi connectivity index (χ1) is 6.58. The van der Waals surface area contributed by atoms with Crippen LogP contribution in [0, 0.1) is 12.8 Å². The number of aldehydes is 1. The van der Waals surface area contributed by atoms with Crippen molar-refractivity contribution in [3.63, 3.8) is 0 Å². The Balaban J connectivity index is 2.61. The van der Waals surface area contributed by atoms with Crippen LogP contribution in [0.4, 0.5) is 0 Å². The fourth-order valence-corrected chi connectivity index (χ4v) is 2.40. The highest BCUT2D eigenvalue weighted by molar-refractivity contribution is 6.32. The summed E-state index contributed by atoms with van der Waals surface area (Å²) in [6.07, 6.45) is 1.78. The number of hydrogen-bond acceptors (Lipinski definition) is 1. The molecule has 1 aliphatic rings. The lowest BCUT2D eigenvalue weighted by atomic mass is 9.94. The van der Waals surface area contributed by atoms with Crippen molar-refractivity contribution in [1.29, 1.82) is 0 Å². The van der Waals surface area contributed by atoms with E-state index in [9.17, 15) is 4.79 Å². The van der Waals surface area contributed by atoms with E-state index in [4.69, 9.17) is 11.6 Å². The number of rotatable bonds is 1. The minimum Gasteiger partial charge on any atom is -0.301 e. The Bertz CT molecular complexity index is 386. The summed E-state index contributed by atoms with van der Waals surface area (Å²) in [7, 11) is 0. The van der Waals surface area contributed by atoms with Gasteiger partial charge in [0, 0.05) is 0 Å². The van der Waals surface area contributed by atoms with Gasteiger partial charge in [-0.15, -0.1) is 11.6 Å². The first-order valence-electron chi connectivity index (χ1n) is 4.83. The fraction of sp³-hybridized carbons (Fsp3) is 0.417. The number of aryl methyl sites for hydroxylation is 1. The van der Waals surface area contributed by atoms with Gasteiger partial charge in [-0.05, 0) is 30.4 Å². The van der Waals surface area contributed by atoms with Crippen molar-refractivity contribution in [2.75, 3.05) is 0 Å². The van der Waals surface area contributed by atoms with Crippen molar-refractivity contribution >= 4 is 17.9 Å². The average molecular weight is 209 g/mol. The van der Waals surface area contributed by atoms with Gasteiger partial charge in [-0.25, -0.2) is 0 Å². The van der Waals surface area contributed by atoms with Gasteiger partial charge in [0.2, 0.25) is 0 Å².